The fourth-order valence-corrected chi connectivity index (χ4v) is 2.84. The number of benzene rings is 1. The maximum absolute atomic E-state index is 5.57. The topological polar surface area (TPSA) is 33.7 Å². The van der Waals surface area contributed by atoms with Gasteiger partial charge in [-0.05, 0) is 12.5 Å². The molecule has 0 aromatic heterocycles. The monoisotopic (exact) mass is 264 g/mol. The van der Waals surface area contributed by atoms with E-state index in [0.29, 0.717) is 6.04 Å². The van der Waals surface area contributed by atoms with E-state index >= 15 is 0 Å². The molecular weight excluding hydrogens is 240 g/mol. The van der Waals surface area contributed by atoms with Gasteiger partial charge in [0.15, 0.2) is 11.5 Å². The van der Waals surface area contributed by atoms with Crippen LogP contribution in [-0.2, 0) is 0 Å². The molecule has 1 atom stereocenters. The second kappa shape index (κ2) is 6.78. The zero-order valence-electron chi connectivity index (χ0n) is 12.1. The van der Waals surface area contributed by atoms with Crippen LogP contribution in [0, 0.1) is 0 Å². The first-order chi connectivity index (χ1) is 9.31. The van der Waals surface area contributed by atoms with E-state index in [4.69, 9.17) is 9.47 Å². The highest BCUT2D eigenvalue weighted by Gasteiger charge is 2.24. The van der Waals surface area contributed by atoms with Crippen molar-refractivity contribution >= 4 is 0 Å². The van der Waals surface area contributed by atoms with E-state index in [1.165, 1.54) is 5.56 Å². The molecule has 0 aliphatic carbocycles. The molecule has 1 N–H and O–H groups in total. The Balaban J connectivity index is 2.31. The van der Waals surface area contributed by atoms with Crippen LogP contribution < -0.4 is 14.8 Å². The van der Waals surface area contributed by atoms with Gasteiger partial charge in [-0.25, -0.2) is 0 Å². The van der Waals surface area contributed by atoms with Crippen LogP contribution in [0.25, 0.3) is 0 Å². The molecule has 1 fully saturated rings. The molecular formula is C15H24N2O2. The van der Waals surface area contributed by atoms with Crippen LogP contribution in [-0.4, -0.2) is 45.3 Å². The van der Waals surface area contributed by atoms with Crippen molar-refractivity contribution in [1.82, 2.24) is 10.2 Å². The molecule has 1 aliphatic heterocycles. The van der Waals surface area contributed by atoms with Crippen LogP contribution in [0.2, 0.25) is 0 Å². The Labute approximate surface area is 115 Å². The molecule has 0 saturated carbocycles. The van der Waals surface area contributed by atoms with Crippen molar-refractivity contribution in [2.45, 2.75) is 19.4 Å². The van der Waals surface area contributed by atoms with E-state index in [9.17, 15) is 0 Å². The summed E-state index contributed by atoms with van der Waals surface area (Å²) in [6.45, 7) is 6.51. The summed E-state index contributed by atoms with van der Waals surface area (Å²) in [6, 6.07) is 6.54. The Morgan fingerprint density at radius 2 is 1.95 bits per heavy atom. The standard InChI is InChI=1S/C15H24N2O2/c1-4-13(17-10-8-16-9-11-17)12-6-5-7-14(18-2)15(12)19-3/h5-7,13,16H,4,8-11H2,1-3H3/t13-/m0/s1. The molecule has 0 unspecified atom stereocenters. The molecule has 0 spiro atoms. The van der Waals surface area contributed by atoms with Crippen molar-refractivity contribution in [3.05, 3.63) is 23.8 Å². The largest absolute Gasteiger partial charge is 0.493 e. The highest BCUT2D eigenvalue weighted by atomic mass is 16.5. The predicted octanol–water partition coefficient (Wildman–Crippen LogP) is 2.06. The molecule has 0 radical (unpaired) electrons. The minimum Gasteiger partial charge on any atom is -0.493 e. The molecule has 1 aromatic carbocycles. The number of hydrogen-bond acceptors (Lipinski definition) is 4. The minimum absolute atomic E-state index is 0.396. The van der Waals surface area contributed by atoms with E-state index in [2.05, 4.69) is 23.2 Å². The van der Waals surface area contributed by atoms with Crippen molar-refractivity contribution in [3.8, 4) is 11.5 Å². The molecule has 4 nitrogen and oxygen atoms in total. The summed E-state index contributed by atoms with van der Waals surface area (Å²) >= 11 is 0. The lowest BCUT2D eigenvalue weighted by Gasteiger charge is -2.35. The van der Waals surface area contributed by atoms with Crippen molar-refractivity contribution in [3.63, 3.8) is 0 Å². The van der Waals surface area contributed by atoms with E-state index < -0.39 is 0 Å². The van der Waals surface area contributed by atoms with Crippen molar-refractivity contribution in [1.29, 1.82) is 0 Å². The van der Waals surface area contributed by atoms with Gasteiger partial charge in [-0.2, -0.15) is 0 Å². The van der Waals surface area contributed by atoms with Gasteiger partial charge in [0, 0.05) is 37.8 Å². The van der Waals surface area contributed by atoms with Gasteiger partial charge in [0.2, 0.25) is 0 Å². The molecule has 106 valence electrons. The Kier molecular flexibility index (Phi) is 5.05. The number of methoxy groups -OCH3 is 2. The third-order valence-corrected chi connectivity index (χ3v) is 3.77. The number of para-hydroxylation sites is 1. The lowest BCUT2D eigenvalue weighted by Crippen LogP contribution is -2.45. The van der Waals surface area contributed by atoms with Crippen molar-refractivity contribution < 1.29 is 9.47 Å². The lowest BCUT2D eigenvalue weighted by molar-refractivity contribution is 0.166. The first-order valence-corrected chi connectivity index (χ1v) is 6.97. The number of nitrogens with one attached hydrogen (secondary N) is 1. The third kappa shape index (κ3) is 3.01. The van der Waals surface area contributed by atoms with Crippen LogP contribution in [0.1, 0.15) is 24.9 Å². The van der Waals surface area contributed by atoms with Crippen LogP contribution in [0.15, 0.2) is 18.2 Å². The molecule has 1 heterocycles. The summed E-state index contributed by atoms with van der Waals surface area (Å²) in [4.78, 5) is 2.52. The summed E-state index contributed by atoms with van der Waals surface area (Å²) < 4.78 is 11.0. The van der Waals surface area contributed by atoms with E-state index in [0.717, 1.165) is 44.1 Å². The molecule has 1 saturated heterocycles. The van der Waals surface area contributed by atoms with Gasteiger partial charge in [-0.3, -0.25) is 4.90 Å². The molecule has 0 amide bonds. The summed E-state index contributed by atoms with van der Waals surface area (Å²) in [7, 11) is 3.40. The summed E-state index contributed by atoms with van der Waals surface area (Å²) in [5.74, 6) is 1.68. The SMILES string of the molecule is CC[C@@H](c1cccc(OC)c1OC)N1CCNCC1. The number of hydrogen-bond donors (Lipinski definition) is 1. The van der Waals surface area contributed by atoms with Crippen LogP contribution in [0.5, 0.6) is 11.5 Å². The van der Waals surface area contributed by atoms with Crippen LogP contribution in [0.3, 0.4) is 0 Å². The fraction of sp³-hybridized carbons (Fsp3) is 0.600. The van der Waals surface area contributed by atoms with Crippen molar-refractivity contribution in [2.75, 3.05) is 40.4 Å². The smallest absolute Gasteiger partial charge is 0.165 e. The van der Waals surface area contributed by atoms with Gasteiger partial charge in [0.05, 0.1) is 14.2 Å². The van der Waals surface area contributed by atoms with Crippen LogP contribution >= 0.6 is 0 Å². The Hall–Kier alpha value is -1.26. The number of ether oxygens (including phenoxy) is 2. The third-order valence-electron chi connectivity index (χ3n) is 3.77. The Morgan fingerprint density at radius 1 is 1.21 bits per heavy atom. The fourth-order valence-electron chi connectivity index (χ4n) is 2.84. The van der Waals surface area contributed by atoms with Gasteiger partial charge in [0.25, 0.3) is 0 Å². The van der Waals surface area contributed by atoms with Crippen molar-refractivity contribution in [2.24, 2.45) is 0 Å². The van der Waals surface area contributed by atoms with Gasteiger partial charge in [0.1, 0.15) is 0 Å². The minimum atomic E-state index is 0.396. The molecule has 0 bridgehead atoms. The molecule has 1 aromatic rings. The molecule has 1 aliphatic rings. The molecule has 2 rings (SSSR count). The second-order valence-corrected chi connectivity index (χ2v) is 4.79. The summed E-state index contributed by atoms with van der Waals surface area (Å²) in [5.41, 5.74) is 1.23. The van der Waals surface area contributed by atoms with E-state index in [1.54, 1.807) is 14.2 Å². The average Bonchev–Trinajstić information content (AvgIpc) is 2.48. The molecule has 19 heavy (non-hydrogen) atoms. The number of rotatable bonds is 5. The molecule has 4 heteroatoms. The Morgan fingerprint density at radius 3 is 2.53 bits per heavy atom. The number of nitrogens with zero attached hydrogens (tertiary/aromatic N) is 1. The summed E-state index contributed by atoms with van der Waals surface area (Å²) in [6.07, 6.45) is 1.07. The van der Waals surface area contributed by atoms with Gasteiger partial charge >= 0.3 is 0 Å². The quantitative estimate of drug-likeness (QED) is 0.882. The van der Waals surface area contributed by atoms with E-state index in [-0.39, 0.29) is 0 Å². The second-order valence-electron chi connectivity index (χ2n) is 4.79. The first-order valence-electron chi connectivity index (χ1n) is 6.97. The lowest BCUT2D eigenvalue weighted by atomic mass is 10.0. The maximum Gasteiger partial charge on any atom is 0.165 e. The predicted molar refractivity (Wildman–Crippen MR) is 77.0 cm³/mol. The van der Waals surface area contributed by atoms with Gasteiger partial charge < -0.3 is 14.8 Å². The Bertz CT molecular complexity index is 403. The first kappa shape index (κ1) is 14.2. The highest BCUT2D eigenvalue weighted by Crippen LogP contribution is 2.38. The van der Waals surface area contributed by atoms with Gasteiger partial charge in [-0.15, -0.1) is 0 Å². The van der Waals surface area contributed by atoms with Gasteiger partial charge in [-0.1, -0.05) is 19.1 Å². The van der Waals surface area contributed by atoms with Crippen LogP contribution in [0.4, 0.5) is 0 Å². The van der Waals surface area contributed by atoms with E-state index in [1.807, 2.05) is 12.1 Å². The number of piperazine rings is 1. The highest BCUT2D eigenvalue weighted by molar-refractivity contribution is 5.48. The normalized spacial score (nSPS) is 18.1. The maximum atomic E-state index is 5.57. The summed E-state index contributed by atoms with van der Waals surface area (Å²) in [5, 5.41) is 3.40. The average molecular weight is 264 g/mol. The zero-order chi connectivity index (χ0) is 13.7. The zero-order valence-corrected chi connectivity index (χ0v) is 12.1.